The number of carbonyl (C=O) groups excluding carboxylic acids is 1. The molecule has 7 fully saturated rings. The molecule has 0 aromatic heterocycles. The summed E-state index contributed by atoms with van der Waals surface area (Å²) in [4.78, 5) is 13.6. The van der Waals surface area contributed by atoms with Crippen LogP contribution < -0.4 is 5.32 Å². The van der Waals surface area contributed by atoms with Crippen molar-refractivity contribution >= 4 is 5.91 Å². The average molecular weight is 2270 g/mol. The van der Waals surface area contributed by atoms with Crippen LogP contribution in [0.3, 0.4) is 0 Å². The molecule has 7 rings (SSSR count). The first-order valence-corrected chi connectivity index (χ1v) is 44.8. The van der Waals surface area contributed by atoms with Gasteiger partial charge in [0.05, 0.1) is 82.8 Å². The van der Waals surface area contributed by atoms with Crippen LogP contribution in [0.4, 0.5) is 0 Å². The molecule has 0 aromatic carbocycles. The van der Waals surface area contributed by atoms with Crippen molar-refractivity contribution < 1.29 is 287 Å². The summed E-state index contributed by atoms with van der Waals surface area (Å²) in [5, 5.41) is 270. The summed E-state index contributed by atoms with van der Waals surface area (Å²) in [7, 11) is 0. The molecule has 2 radical (unpaired) electrons. The summed E-state index contributed by atoms with van der Waals surface area (Å²) in [5.74, 6) is -0.418. The van der Waals surface area contributed by atoms with Gasteiger partial charge in [-0.25, -0.2) is 0 Å². The Morgan fingerprint density at radius 2 is 0.701 bits per heavy atom. The Kier molecular flexibility index (Phi) is 56.8. The predicted octanol–water partition coefficient (Wildman–Crippen LogP) is -4.71. The minimum atomic E-state index is -2.90. The normalized spacial score (nSPS) is 39.1. The van der Waals surface area contributed by atoms with E-state index >= 15 is 0 Å². The Labute approximate surface area is 813 Å². The predicted molar refractivity (Wildman–Crippen MR) is 431 cm³/mol. The van der Waals surface area contributed by atoms with Gasteiger partial charge in [0, 0.05) is 94.5 Å². The molecule has 27 unspecified atom stereocenters. The molecule has 7 aliphatic heterocycles. The van der Waals surface area contributed by atoms with Crippen LogP contribution in [0.5, 0.6) is 0 Å². The van der Waals surface area contributed by atoms with E-state index in [2.05, 4.69) is 19.2 Å². The zero-order chi connectivity index (χ0) is 91.9. The summed E-state index contributed by atoms with van der Waals surface area (Å²) in [6, 6.07) is -5.63. The minimum Gasteiger partial charge on any atom is -0.668 e. The maximum Gasteiger partial charge on any atom is 0.220 e. The van der Waals surface area contributed by atoms with Crippen molar-refractivity contribution in [3.63, 3.8) is 0 Å². The molecule has 42 atom stereocenters. The molecule has 740 valence electrons. The molecule has 7 aliphatic rings. The number of allylic oxidation sites excluding steroid dienone is 1. The molecule has 1 amide bonds. The zero-order valence-corrected chi connectivity index (χ0v) is 82.6. The van der Waals surface area contributed by atoms with Crippen LogP contribution in [0.2, 0.25) is 0 Å². The maximum atomic E-state index is 13.6. The number of unbranched alkanes of at least 4 members (excludes halogenated alkanes) is 23. The molecule has 0 aromatic rings. The van der Waals surface area contributed by atoms with E-state index in [9.17, 15) is 139 Å². The van der Waals surface area contributed by atoms with Gasteiger partial charge in [0.15, 0.2) is 37.7 Å². The van der Waals surface area contributed by atoms with Gasteiger partial charge < -0.3 is 210 Å². The van der Waals surface area contributed by atoms with Crippen LogP contribution in [0.25, 0.3) is 11.5 Å². The zero-order valence-electron chi connectivity index (χ0n) is 73.2. The second kappa shape index (κ2) is 61.1. The first kappa shape index (κ1) is 118. The molecule has 7 saturated heterocycles. The van der Waals surface area contributed by atoms with Crippen LogP contribution in [-0.2, 0) is 75.8 Å². The summed E-state index contributed by atoms with van der Waals surface area (Å²) < 4.78 is 88.1. The minimum absolute atomic E-state index is 0. The molecule has 43 nitrogen and oxygen atoms in total. The van der Waals surface area contributed by atoms with E-state index in [0.717, 1.165) is 64.2 Å². The number of aliphatic hydroxyl groups excluding tert-OH is 24. The quantitative estimate of drug-likeness (QED) is 0.0155. The number of nitrogens with one attached hydrogen (secondary N) is 3. The van der Waals surface area contributed by atoms with Crippen molar-refractivity contribution in [1.82, 2.24) is 5.32 Å². The molecule has 7 heterocycles. The van der Waals surface area contributed by atoms with Crippen LogP contribution in [0.1, 0.15) is 195 Å². The third-order valence-electron chi connectivity index (χ3n) is 24.3. The fraction of sp³-hybridized carbons (Fsp3) is 0.963. The van der Waals surface area contributed by atoms with Gasteiger partial charge in [0.2, 0.25) is 5.91 Å². The average Bonchev–Trinajstić information content (AvgIpc) is 0.772. The molecule has 0 bridgehead atoms. The third-order valence-corrected chi connectivity index (χ3v) is 24.3. The number of aliphatic hydroxyl groups is 24. The number of hydrogen-bond donors (Lipinski definition) is 25. The van der Waals surface area contributed by atoms with Crippen LogP contribution in [0, 0.1) is 88.1 Å². The van der Waals surface area contributed by atoms with Crippen molar-refractivity contribution in [2.75, 3.05) is 46.2 Å². The largest absolute Gasteiger partial charge is 0.668 e. The summed E-state index contributed by atoms with van der Waals surface area (Å²) in [6.45, 7) is -0.434. The van der Waals surface area contributed by atoms with Crippen molar-refractivity contribution in [1.29, 1.82) is 0 Å². The Hall–Kier alpha value is 0.453. The van der Waals surface area contributed by atoms with E-state index < -0.39 is 310 Å². The van der Waals surface area contributed by atoms with Gasteiger partial charge in [-0.1, -0.05) is 179 Å². The summed E-state index contributed by atoms with van der Waals surface area (Å²) in [5.41, 5.74) is 19.2. The monoisotopic (exact) mass is 2270 g/mol. The third kappa shape index (κ3) is 34.4. The Morgan fingerprint density at radius 3 is 1.13 bits per heavy atom. The van der Waals surface area contributed by atoms with E-state index in [-0.39, 0.29) is 94.5 Å². The van der Waals surface area contributed by atoms with Gasteiger partial charge in [0.25, 0.3) is 0 Å². The van der Waals surface area contributed by atoms with Gasteiger partial charge in [0.1, 0.15) is 171 Å². The molecule has 27 N–H and O–H groups in total. The van der Waals surface area contributed by atoms with Crippen molar-refractivity contribution in [3.8, 4) is 0 Å². The first-order chi connectivity index (χ1) is 59.7. The standard InChI is InChI=1S/C82H149N3O40.2Ac/c1-5-7-9-11-13-15-17-19-21-23-25-27-29-31-43(91)42(85-50(93)32-30-28-26-24-22-20-18-16-14-12-10-8-6-2)38-111-78-67(108)62(103)69(47(35-88)119-78)120-75(110)68(109)74(125-77-52(84)73(124-82-66(107)61(102)57(98)46(34-87)116-82)71(49(37-90)118-77)121-79-63(104)58(99)53(94)40(3)113-79)55(96)44(92)39-112-76-51(83)72(123-80-64(105)59(100)54(95)41(4)114-80)70(48(36-89)117-76)122-81-65(106)60(101)56(97)45(33-86)115-81;;/h29,31,40-49,51-84,86-92,94-110H,5-28,30,32-39H2,1-4H3,(H,85,93);;/q-2;;/b31-29+;;/t40?,41?,42?,43?,44?,45?,46?,47?,48?,49?,51?,52?,53-,54-,55+,56+,57+,58?,59?,60?,61?,62?,63?,64?,65?,66?,67?,68?,69-,70-,71-,72?,73?,74?,75+,76-,77+,78-,79+,80?,81+,82+;;/m1../s1. The van der Waals surface area contributed by atoms with E-state index in [0.29, 0.717) is 12.8 Å². The number of ether oxygens (including phenoxy) is 15. The SMILES string of the molecule is CCCCCCCCCCCCC/C=C/C(O)C(CO[C@@H]1OC(CO)[C@@H](O[C@H](O)C(O)C(O[C@@H]2OC(CO)[C@@H](O[C@@H]3OC(C)[C@@H](O)C(O)C3O)C(O[C@@H]3OC(CO)[C@H](O)C(O)C3O)C2[NH-])[C@@H](O)C(O)CO[C@@H]2OC(CO)[C@@H](O[C@@H]3OC(CO)[C@H](O)C(O)C3O)C(OC3OC(C)[C@@H](O)C(O)C3O)C2[NH-])C(O)C1O)NC(=O)CCCCCCCCCCCCCCC.[Ac].[Ac]. The second-order valence-electron chi connectivity index (χ2n) is 34.1. The smallest absolute Gasteiger partial charge is 0.220 e. The number of carbonyl (C=O) groups is 1. The van der Waals surface area contributed by atoms with Crippen molar-refractivity contribution in [2.24, 2.45) is 0 Å². The Bertz CT molecular complexity index is 2940. The van der Waals surface area contributed by atoms with E-state index in [4.69, 9.17) is 71.1 Å². The molecule has 45 heteroatoms. The first-order valence-electron chi connectivity index (χ1n) is 44.8. The summed E-state index contributed by atoms with van der Waals surface area (Å²) in [6.07, 6.45) is -49.8. The molecular weight excluding hydrogens is 2120 g/mol. The Morgan fingerprint density at radius 1 is 0.362 bits per heavy atom. The van der Waals surface area contributed by atoms with Crippen molar-refractivity contribution in [2.45, 2.75) is 452 Å². The molecule has 127 heavy (non-hydrogen) atoms. The second-order valence-corrected chi connectivity index (χ2v) is 34.1. The van der Waals surface area contributed by atoms with Crippen LogP contribution in [0.15, 0.2) is 12.2 Å². The van der Waals surface area contributed by atoms with Crippen molar-refractivity contribution in [3.05, 3.63) is 23.6 Å². The summed E-state index contributed by atoms with van der Waals surface area (Å²) >= 11 is 0. The van der Waals surface area contributed by atoms with E-state index in [1.807, 2.05) is 0 Å². The molecule has 0 spiro atoms. The molecule has 0 aliphatic carbocycles. The fourth-order valence-corrected chi connectivity index (χ4v) is 16.3. The van der Waals surface area contributed by atoms with E-state index in [1.165, 1.54) is 103 Å². The maximum absolute atomic E-state index is 13.6. The molecular formula is C82H149Ac2N3O40-2. The van der Waals surface area contributed by atoms with Gasteiger partial charge in [-0.15, -0.1) is 0 Å². The van der Waals surface area contributed by atoms with Gasteiger partial charge >= 0.3 is 0 Å². The number of hydrogen-bond acceptors (Lipinski definition) is 40. The number of amides is 1. The topological polar surface area (TPSA) is 701 Å². The number of rotatable bonds is 56. The van der Waals surface area contributed by atoms with E-state index in [1.54, 1.807) is 6.08 Å². The van der Waals surface area contributed by atoms with Gasteiger partial charge in [-0.3, -0.25) is 4.79 Å². The van der Waals surface area contributed by atoms with Crippen LogP contribution >= 0.6 is 0 Å². The fourth-order valence-electron chi connectivity index (χ4n) is 16.3. The van der Waals surface area contributed by atoms with Crippen LogP contribution in [-0.4, -0.2) is 432 Å². The van der Waals surface area contributed by atoms with Gasteiger partial charge in [-0.2, -0.15) is 0 Å². The van der Waals surface area contributed by atoms with Gasteiger partial charge in [-0.05, 0) is 33.1 Å². The molecule has 0 saturated carbocycles. The Balaban J connectivity index is 0.0000143.